The smallest absolute Gasteiger partial charge is 0.360 e. The van der Waals surface area contributed by atoms with Gasteiger partial charge in [0.25, 0.3) is 0 Å². The number of rotatable bonds is 6. The highest BCUT2D eigenvalue weighted by Crippen LogP contribution is 2.49. The number of hydrogen-bond acceptors (Lipinski definition) is 9. The second-order valence-corrected chi connectivity index (χ2v) is 14.0. The molecule has 2 saturated heterocycles. The van der Waals surface area contributed by atoms with Gasteiger partial charge in [0.15, 0.2) is 5.69 Å². The summed E-state index contributed by atoms with van der Waals surface area (Å²) in [4.78, 5) is 27.0. The molecule has 1 spiro atoms. The number of nitrogens with zero attached hydrogens (tertiary/aromatic N) is 6. The summed E-state index contributed by atoms with van der Waals surface area (Å²) in [7, 11) is 0. The second-order valence-electron chi connectivity index (χ2n) is 13.2. The van der Waals surface area contributed by atoms with Crippen molar-refractivity contribution < 1.29 is 23.4 Å². The third kappa shape index (κ3) is 4.96. The van der Waals surface area contributed by atoms with E-state index in [-0.39, 0.29) is 23.9 Å². The molecule has 3 aromatic rings. The minimum Gasteiger partial charge on any atom is -0.461 e. The fourth-order valence-electron chi connectivity index (χ4n) is 8.32. The van der Waals surface area contributed by atoms with Crippen molar-refractivity contribution in [2.24, 2.45) is 0 Å². The maximum absolute atomic E-state index is 14.5. The SMILES string of the molecule is CCOC(=O)c1nn2c(c1Cl)CN(c1nc(OC[C@@]34CCCN3C[C@H](F)C4)nc3c1CO[C@@]1(CCc4c(Cl)cccc41)C3)CCC2. The summed E-state index contributed by atoms with van der Waals surface area (Å²) in [5.74, 6) is 0.186. The fourth-order valence-corrected chi connectivity index (χ4v) is 8.86. The van der Waals surface area contributed by atoms with Gasteiger partial charge in [-0.3, -0.25) is 9.58 Å². The van der Waals surface area contributed by atoms with Crippen LogP contribution in [-0.2, 0) is 47.6 Å². The Bertz CT molecular complexity index is 1700. The summed E-state index contributed by atoms with van der Waals surface area (Å²) < 4.78 is 34.7. The van der Waals surface area contributed by atoms with Crippen LogP contribution in [-0.4, -0.2) is 75.2 Å². The van der Waals surface area contributed by atoms with E-state index in [1.165, 1.54) is 0 Å². The van der Waals surface area contributed by atoms with Crippen LogP contribution in [0.15, 0.2) is 18.2 Å². The van der Waals surface area contributed by atoms with E-state index in [0.29, 0.717) is 57.3 Å². The zero-order chi connectivity index (χ0) is 31.6. The Hall–Kier alpha value is -2.99. The van der Waals surface area contributed by atoms with Crippen LogP contribution in [0.1, 0.15) is 77.6 Å². The highest BCUT2D eigenvalue weighted by atomic mass is 35.5. The molecule has 0 bridgehead atoms. The molecule has 8 rings (SSSR count). The second kappa shape index (κ2) is 11.6. The topological polar surface area (TPSA) is 94.8 Å². The average molecular weight is 672 g/mol. The van der Waals surface area contributed by atoms with Crippen molar-refractivity contribution in [3.05, 3.63) is 62.0 Å². The lowest BCUT2D eigenvalue weighted by molar-refractivity contribution is -0.0730. The summed E-state index contributed by atoms with van der Waals surface area (Å²) >= 11 is 13.4. The van der Waals surface area contributed by atoms with Crippen LogP contribution in [0, 0.1) is 0 Å². The minimum absolute atomic E-state index is 0.126. The first-order chi connectivity index (χ1) is 22.3. The number of hydrogen-bond donors (Lipinski definition) is 0. The predicted octanol–water partition coefficient (Wildman–Crippen LogP) is 5.44. The van der Waals surface area contributed by atoms with Gasteiger partial charge in [0.2, 0.25) is 0 Å². The van der Waals surface area contributed by atoms with Crippen molar-refractivity contribution in [2.45, 2.75) is 88.9 Å². The Morgan fingerprint density at radius 1 is 1.15 bits per heavy atom. The molecule has 0 saturated carbocycles. The first-order valence-electron chi connectivity index (χ1n) is 16.3. The Kier molecular flexibility index (Phi) is 7.66. The summed E-state index contributed by atoms with van der Waals surface area (Å²) in [5, 5.41) is 5.56. The first kappa shape index (κ1) is 30.4. The van der Waals surface area contributed by atoms with Crippen LogP contribution in [0.5, 0.6) is 6.01 Å². The van der Waals surface area contributed by atoms with Crippen molar-refractivity contribution in [1.82, 2.24) is 24.6 Å². The molecule has 0 unspecified atom stereocenters. The molecule has 2 fully saturated rings. The molecule has 10 nitrogen and oxygen atoms in total. The Morgan fingerprint density at radius 3 is 2.91 bits per heavy atom. The molecular formula is C33H37Cl2FN6O4. The average Bonchev–Trinajstić information content (AvgIpc) is 3.72. The van der Waals surface area contributed by atoms with Crippen molar-refractivity contribution in [1.29, 1.82) is 0 Å². The van der Waals surface area contributed by atoms with E-state index in [4.69, 9.17) is 47.4 Å². The van der Waals surface area contributed by atoms with E-state index in [1.807, 2.05) is 12.1 Å². The minimum atomic E-state index is -0.846. The number of carbonyl (C=O) groups is 1. The lowest BCUT2D eigenvalue weighted by Gasteiger charge is -2.37. The first-order valence-corrected chi connectivity index (χ1v) is 17.1. The third-order valence-electron chi connectivity index (χ3n) is 10.5. The van der Waals surface area contributed by atoms with Crippen molar-refractivity contribution in [3.8, 4) is 6.01 Å². The number of aromatic nitrogens is 4. The van der Waals surface area contributed by atoms with Crippen LogP contribution >= 0.6 is 23.2 Å². The molecule has 244 valence electrons. The summed E-state index contributed by atoms with van der Waals surface area (Å²) in [6, 6.07) is 6.31. The van der Waals surface area contributed by atoms with Crippen LogP contribution < -0.4 is 9.64 Å². The van der Waals surface area contributed by atoms with Gasteiger partial charge in [0.05, 0.1) is 47.3 Å². The highest BCUT2D eigenvalue weighted by molar-refractivity contribution is 6.34. The van der Waals surface area contributed by atoms with Gasteiger partial charge < -0.3 is 19.1 Å². The van der Waals surface area contributed by atoms with Gasteiger partial charge >= 0.3 is 12.0 Å². The van der Waals surface area contributed by atoms with Gasteiger partial charge in [-0.05, 0) is 62.8 Å². The Labute approximate surface area is 277 Å². The maximum atomic E-state index is 14.5. The summed E-state index contributed by atoms with van der Waals surface area (Å²) in [6.45, 7) is 5.67. The molecule has 4 aliphatic heterocycles. The Morgan fingerprint density at radius 2 is 2.04 bits per heavy atom. The number of fused-ring (bicyclic) bond motifs is 5. The number of aryl methyl sites for hydroxylation is 1. The van der Waals surface area contributed by atoms with Crippen molar-refractivity contribution in [3.63, 3.8) is 0 Å². The molecule has 6 heterocycles. The standard InChI is InChI=1S/C33H37Cl2FN6O4/c1-2-44-30(43)28-27(35)26-17-40(11-5-13-42(26)39-28)29-22-18-46-33(10-8-21-23(33)6-3-7-24(21)34)15-25(22)37-31(38-29)45-19-32-9-4-12-41(32)16-20(36)14-32/h3,6-7,20H,2,4-5,8-19H2,1H3/t20-,32+,33+/m1/s1. The molecule has 5 aliphatic rings. The molecule has 3 atom stereocenters. The largest absolute Gasteiger partial charge is 0.461 e. The zero-order valence-corrected chi connectivity index (χ0v) is 27.4. The zero-order valence-electron chi connectivity index (χ0n) is 25.9. The number of ether oxygens (including phenoxy) is 3. The quantitative estimate of drug-likeness (QED) is 0.318. The maximum Gasteiger partial charge on any atom is 0.360 e. The Balaban J connectivity index is 1.16. The number of halogens is 3. The van der Waals surface area contributed by atoms with E-state index in [1.54, 1.807) is 11.6 Å². The number of alkyl halides is 1. The molecule has 46 heavy (non-hydrogen) atoms. The summed E-state index contributed by atoms with van der Waals surface area (Å²) in [5.41, 5.74) is 4.04. The van der Waals surface area contributed by atoms with Crippen LogP contribution in [0.25, 0.3) is 0 Å². The number of benzene rings is 1. The number of anilines is 1. The van der Waals surface area contributed by atoms with Gasteiger partial charge in [0, 0.05) is 43.1 Å². The normalized spacial score (nSPS) is 26.9. The van der Waals surface area contributed by atoms with Gasteiger partial charge in [-0.25, -0.2) is 9.18 Å². The van der Waals surface area contributed by atoms with E-state index in [0.717, 1.165) is 77.6 Å². The lowest BCUT2D eigenvalue weighted by Crippen LogP contribution is -2.43. The summed E-state index contributed by atoms with van der Waals surface area (Å²) in [6.07, 6.45) is 4.52. The third-order valence-corrected chi connectivity index (χ3v) is 11.3. The van der Waals surface area contributed by atoms with Crippen LogP contribution in [0.4, 0.5) is 10.2 Å². The fraction of sp³-hybridized carbons (Fsp3) is 0.576. The highest BCUT2D eigenvalue weighted by Gasteiger charge is 2.50. The molecule has 13 heteroatoms. The van der Waals surface area contributed by atoms with Crippen LogP contribution in [0.3, 0.4) is 0 Å². The molecule has 1 aliphatic carbocycles. The van der Waals surface area contributed by atoms with Gasteiger partial charge in [0.1, 0.15) is 18.6 Å². The van der Waals surface area contributed by atoms with Crippen molar-refractivity contribution in [2.75, 3.05) is 37.7 Å². The van der Waals surface area contributed by atoms with Gasteiger partial charge in [-0.2, -0.15) is 15.1 Å². The lowest BCUT2D eigenvalue weighted by atomic mass is 9.87. The van der Waals surface area contributed by atoms with E-state index in [9.17, 15) is 9.18 Å². The molecule has 0 N–H and O–H groups in total. The molecule has 0 amide bonds. The van der Waals surface area contributed by atoms with E-state index in [2.05, 4.69) is 21.0 Å². The number of carbonyl (C=O) groups excluding carboxylic acids is 1. The predicted molar refractivity (Wildman–Crippen MR) is 169 cm³/mol. The van der Waals surface area contributed by atoms with E-state index < -0.39 is 17.7 Å². The van der Waals surface area contributed by atoms with Crippen LogP contribution in [0.2, 0.25) is 10.0 Å². The molecule has 1 aromatic carbocycles. The van der Waals surface area contributed by atoms with Gasteiger partial charge in [-0.1, -0.05) is 35.3 Å². The number of esters is 1. The molecule has 0 radical (unpaired) electrons. The molecular weight excluding hydrogens is 634 g/mol. The molecule has 2 aromatic heterocycles. The monoisotopic (exact) mass is 670 g/mol. The van der Waals surface area contributed by atoms with Crippen molar-refractivity contribution >= 4 is 35.0 Å². The van der Waals surface area contributed by atoms with E-state index >= 15 is 0 Å². The van der Waals surface area contributed by atoms with Gasteiger partial charge in [-0.15, -0.1) is 0 Å².